The molecule has 0 aliphatic heterocycles. The second kappa shape index (κ2) is 7.66. The molecule has 2 N–H and O–H groups in total. The van der Waals surface area contributed by atoms with E-state index in [1.165, 1.54) is 11.3 Å². The van der Waals surface area contributed by atoms with E-state index in [1.54, 1.807) is 29.6 Å². The van der Waals surface area contributed by atoms with Gasteiger partial charge in [-0.1, -0.05) is 29.8 Å². The zero-order valence-electron chi connectivity index (χ0n) is 11.0. The first kappa shape index (κ1) is 15.3. The molecule has 1 aromatic heterocycles. The summed E-state index contributed by atoms with van der Waals surface area (Å²) in [5.41, 5.74) is 5.47. The Morgan fingerprint density at radius 1 is 1.14 bits per heavy atom. The van der Waals surface area contributed by atoms with Crippen molar-refractivity contribution in [1.29, 1.82) is 0 Å². The number of hydrazine groups is 1. The Hall–Kier alpha value is -2.05. The maximum atomic E-state index is 11.6. The number of nitrogens with one attached hydrogen (secondary N) is 2. The predicted molar refractivity (Wildman–Crippen MR) is 81.4 cm³/mol. The molecule has 0 aliphatic carbocycles. The molecule has 0 unspecified atom stereocenters. The number of benzene rings is 1. The van der Waals surface area contributed by atoms with E-state index < -0.39 is 6.09 Å². The molecule has 21 heavy (non-hydrogen) atoms. The first-order valence-electron chi connectivity index (χ1n) is 6.16. The fourth-order valence-electron chi connectivity index (χ4n) is 1.53. The number of hydrogen-bond acceptors (Lipinski definition) is 4. The van der Waals surface area contributed by atoms with Crippen LogP contribution in [-0.4, -0.2) is 18.6 Å². The van der Waals surface area contributed by atoms with Crippen LogP contribution in [0.4, 0.5) is 4.79 Å². The number of thiophene rings is 1. The third-order valence-electron chi connectivity index (χ3n) is 2.56. The number of hydrogen-bond donors (Lipinski definition) is 2. The Morgan fingerprint density at radius 2 is 1.90 bits per heavy atom. The number of amides is 2. The van der Waals surface area contributed by atoms with Crippen LogP contribution in [0.2, 0.25) is 5.02 Å². The van der Waals surface area contributed by atoms with E-state index in [1.807, 2.05) is 12.1 Å². The van der Waals surface area contributed by atoms with Gasteiger partial charge in [0, 0.05) is 11.4 Å². The Kier molecular flexibility index (Phi) is 5.59. The fourth-order valence-corrected chi connectivity index (χ4v) is 2.27. The summed E-state index contributed by atoms with van der Waals surface area (Å²) in [4.78, 5) is 23.5. The van der Waals surface area contributed by atoms with Gasteiger partial charge in [0.25, 0.3) is 5.91 Å². The average molecular weight is 325 g/mol. The molecule has 2 aromatic rings. The minimum atomic E-state index is -0.700. The second-order valence-electron chi connectivity index (χ2n) is 4.07. The lowest BCUT2D eigenvalue weighted by Crippen LogP contribution is -2.41. The van der Waals surface area contributed by atoms with Crippen LogP contribution in [0.25, 0.3) is 0 Å². The lowest BCUT2D eigenvalue weighted by Gasteiger charge is -2.07. The minimum absolute atomic E-state index is 0.211. The van der Waals surface area contributed by atoms with E-state index in [-0.39, 0.29) is 12.5 Å². The van der Waals surface area contributed by atoms with Crippen molar-refractivity contribution in [2.24, 2.45) is 0 Å². The third kappa shape index (κ3) is 5.09. The van der Waals surface area contributed by atoms with Crippen molar-refractivity contribution in [3.8, 4) is 0 Å². The van der Waals surface area contributed by atoms with Crippen molar-refractivity contribution >= 4 is 34.9 Å². The number of ether oxygens (including phenoxy) is 1. The topological polar surface area (TPSA) is 67.4 Å². The van der Waals surface area contributed by atoms with Crippen LogP contribution < -0.4 is 10.9 Å². The molecule has 0 saturated carbocycles. The van der Waals surface area contributed by atoms with Crippen LogP contribution in [0, 0.1) is 0 Å². The molecule has 1 aromatic carbocycles. The van der Waals surface area contributed by atoms with Gasteiger partial charge >= 0.3 is 6.09 Å². The molecule has 0 aliphatic rings. The smallest absolute Gasteiger partial charge is 0.426 e. The minimum Gasteiger partial charge on any atom is -0.448 e. The van der Waals surface area contributed by atoms with Crippen LogP contribution >= 0.6 is 22.9 Å². The van der Waals surface area contributed by atoms with E-state index in [0.717, 1.165) is 5.56 Å². The van der Waals surface area contributed by atoms with Gasteiger partial charge in [0.05, 0.1) is 11.5 Å². The Balaban J connectivity index is 1.66. The third-order valence-corrected chi connectivity index (χ3v) is 3.68. The van der Waals surface area contributed by atoms with Gasteiger partial charge in [-0.3, -0.25) is 10.2 Å². The van der Waals surface area contributed by atoms with Gasteiger partial charge < -0.3 is 4.74 Å². The van der Waals surface area contributed by atoms with E-state index >= 15 is 0 Å². The Bertz CT molecular complexity index is 599. The van der Waals surface area contributed by atoms with Gasteiger partial charge in [0.15, 0.2) is 0 Å². The van der Waals surface area contributed by atoms with Gasteiger partial charge in [-0.2, -0.15) is 0 Å². The molecule has 2 rings (SSSR count). The highest BCUT2D eigenvalue weighted by Gasteiger charge is 2.08. The van der Waals surface area contributed by atoms with Crippen LogP contribution in [0.15, 0.2) is 41.8 Å². The summed E-state index contributed by atoms with van der Waals surface area (Å²) in [5.74, 6) is -0.375. The van der Waals surface area contributed by atoms with Crippen molar-refractivity contribution in [3.05, 3.63) is 57.2 Å². The molecule has 0 spiro atoms. The summed E-state index contributed by atoms with van der Waals surface area (Å²) in [6.07, 6.45) is -0.127. The van der Waals surface area contributed by atoms with Crippen molar-refractivity contribution in [3.63, 3.8) is 0 Å². The molecule has 1 heterocycles. The predicted octanol–water partition coefficient (Wildman–Crippen LogP) is 3.02. The Labute approximate surface area is 130 Å². The number of rotatable bonds is 4. The SMILES string of the molecule is O=C(NNC(=O)c1cccs1)OCCc1ccc(Cl)cc1. The highest BCUT2D eigenvalue weighted by atomic mass is 35.5. The summed E-state index contributed by atoms with van der Waals surface area (Å²) in [6.45, 7) is 0.211. The van der Waals surface area contributed by atoms with Gasteiger partial charge in [0.1, 0.15) is 0 Å². The summed E-state index contributed by atoms with van der Waals surface area (Å²) >= 11 is 7.06. The van der Waals surface area contributed by atoms with Crippen LogP contribution in [0.3, 0.4) is 0 Å². The maximum absolute atomic E-state index is 11.6. The Morgan fingerprint density at radius 3 is 2.57 bits per heavy atom. The number of carbonyl (C=O) groups is 2. The van der Waals surface area contributed by atoms with Gasteiger partial charge in [0.2, 0.25) is 0 Å². The lowest BCUT2D eigenvalue weighted by atomic mass is 10.2. The van der Waals surface area contributed by atoms with Crippen LogP contribution in [-0.2, 0) is 11.2 Å². The summed E-state index contributed by atoms with van der Waals surface area (Å²) in [7, 11) is 0. The molecule has 0 saturated heterocycles. The monoisotopic (exact) mass is 324 g/mol. The molecular formula is C14H13ClN2O3S. The van der Waals surface area contributed by atoms with Crippen molar-refractivity contribution in [2.45, 2.75) is 6.42 Å². The van der Waals surface area contributed by atoms with Crippen molar-refractivity contribution in [1.82, 2.24) is 10.9 Å². The zero-order valence-corrected chi connectivity index (χ0v) is 12.5. The van der Waals surface area contributed by atoms with Crippen molar-refractivity contribution < 1.29 is 14.3 Å². The highest BCUT2D eigenvalue weighted by molar-refractivity contribution is 7.12. The molecule has 0 radical (unpaired) electrons. The molecule has 0 fully saturated rings. The lowest BCUT2D eigenvalue weighted by molar-refractivity contribution is 0.0914. The quantitative estimate of drug-likeness (QED) is 0.849. The van der Waals surface area contributed by atoms with Crippen LogP contribution in [0.1, 0.15) is 15.2 Å². The molecule has 2 amide bonds. The molecule has 5 nitrogen and oxygen atoms in total. The normalized spacial score (nSPS) is 9.95. The van der Waals surface area contributed by atoms with Gasteiger partial charge in [-0.05, 0) is 29.1 Å². The van der Waals surface area contributed by atoms with E-state index in [2.05, 4.69) is 10.9 Å². The van der Waals surface area contributed by atoms with E-state index in [4.69, 9.17) is 16.3 Å². The maximum Gasteiger partial charge on any atom is 0.426 e. The fraction of sp³-hybridized carbons (Fsp3) is 0.143. The largest absolute Gasteiger partial charge is 0.448 e. The highest BCUT2D eigenvalue weighted by Crippen LogP contribution is 2.10. The second-order valence-corrected chi connectivity index (χ2v) is 5.45. The van der Waals surface area contributed by atoms with Gasteiger partial charge in [-0.15, -0.1) is 11.3 Å². The molecule has 0 bridgehead atoms. The summed E-state index contributed by atoms with van der Waals surface area (Å²) in [5, 5.41) is 2.44. The standard InChI is InChI=1S/C14H13ClN2O3S/c15-11-5-3-10(4-6-11)7-8-20-14(19)17-16-13(18)12-2-1-9-21-12/h1-6,9H,7-8H2,(H,16,18)(H,17,19). The van der Waals surface area contributed by atoms with Crippen molar-refractivity contribution in [2.75, 3.05) is 6.61 Å². The van der Waals surface area contributed by atoms with Crippen LogP contribution in [0.5, 0.6) is 0 Å². The summed E-state index contributed by atoms with van der Waals surface area (Å²) in [6, 6.07) is 10.7. The molecular weight excluding hydrogens is 312 g/mol. The summed E-state index contributed by atoms with van der Waals surface area (Å²) < 4.78 is 4.95. The number of carbonyl (C=O) groups excluding carboxylic acids is 2. The van der Waals surface area contributed by atoms with E-state index in [9.17, 15) is 9.59 Å². The van der Waals surface area contributed by atoms with Gasteiger partial charge in [-0.25, -0.2) is 10.2 Å². The molecule has 110 valence electrons. The molecule has 7 heteroatoms. The van der Waals surface area contributed by atoms with E-state index in [0.29, 0.717) is 16.3 Å². The first-order chi connectivity index (χ1) is 10.1. The first-order valence-corrected chi connectivity index (χ1v) is 7.42. The molecule has 0 atom stereocenters. The number of halogens is 1. The average Bonchev–Trinajstić information content (AvgIpc) is 3.01. The zero-order chi connectivity index (χ0) is 15.1.